The molecular formula is C31H28FN5O4S. The molecule has 7 rings (SSSR count). The van der Waals surface area contributed by atoms with Crippen molar-refractivity contribution in [3.05, 3.63) is 89.3 Å². The molecule has 3 aromatic heterocycles. The van der Waals surface area contributed by atoms with Crippen molar-refractivity contribution in [1.82, 2.24) is 24.8 Å². The standard InChI is InChI=1S/C31H28FN5O4S/c1-30(37-10-9-33-16-37)15-41-28-22(30)13-25(36-26(28)18-3-7-21(32)8-4-18)31(39,20-5-6-20)14-34-29(38)19-11-23(40-2)27-24(12-19)42-17-35-27/h3-4,7-13,16-17,20,39H,5-6,14-15H2,1-2H3,(H,34,38)/t30-,31?/m0/s1. The van der Waals surface area contributed by atoms with Crippen LogP contribution in [0, 0.1) is 11.7 Å². The molecule has 1 saturated carbocycles. The van der Waals surface area contributed by atoms with E-state index >= 15 is 0 Å². The third kappa shape index (κ3) is 4.31. The minimum atomic E-state index is -1.45. The second kappa shape index (κ2) is 9.88. The van der Waals surface area contributed by atoms with Crippen molar-refractivity contribution in [2.75, 3.05) is 20.3 Å². The van der Waals surface area contributed by atoms with Gasteiger partial charge in [-0.15, -0.1) is 11.3 Å². The molecule has 1 unspecified atom stereocenters. The van der Waals surface area contributed by atoms with E-state index < -0.39 is 11.1 Å². The molecule has 2 atom stereocenters. The van der Waals surface area contributed by atoms with Crippen LogP contribution in [0.5, 0.6) is 11.5 Å². The third-order valence-electron chi connectivity index (χ3n) is 8.34. The Bertz CT molecular complexity index is 1800. The highest BCUT2D eigenvalue weighted by Gasteiger charge is 2.49. The van der Waals surface area contributed by atoms with Crippen LogP contribution in [-0.4, -0.2) is 50.8 Å². The molecule has 0 bridgehead atoms. The summed E-state index contributed by atoms with van der Waals surface area (Å²) in [4.78, 5) is 26.9. The van der Waals surface area contributed by atoms with Gasteiger partial charge in [-0.05, 0) is 68.1 Å². The van der Waals surface area contributed by atoms with Crippen molar-refractivity contribution in [2.45, 2.75) is 30.9 Å². The largest absolute Gasteiger partial charge is 0.494 e. The highest BCUT2D eigenvalue weighted by molar-refractivity contribution is 7.16. The number of benzene rings is 2. The summed E-state index contributed by atoms with van der Waals surface area (Å²) in [5.74, 6) is 0.299. The summed E-state index contributed by atoms with van der Waals surface area (Å²) in [5, 5.41) is 15.2. The summed E-state index contributed by atoms with van der Waals surface area (Å²) < 4.78 is 28.3. The topological polar surface area (TPSA) is 111 Å². The van der Waals surface area contributed by atoms with Crippen LogP contribution in [-0.2, 0) is 11.1 Å². The number of hydrogen-bond donors (Lipinski definition) is 2. The normalized spacial score (nSPS) is 19.2. The number of carbonyl (C=O) groups is 1. The molecule has 1 aliphatic carbocycles. The average molecular weight is 586 g/mol. The first kappa shape index (κ1) is 26.5. The lowest BCUT2D eigenvalue weighted by atomic mass is 9.86. The molecule has 9 nitrogen and oxygen atoms in total. The van der Waals surface area contributed by atoms with Crippen LogP contribution in [0.1, 0.15) is 41.4 Å². The number of rotatable bonds is 8. The van der Waals surface area contributed by atoms with E-state index in [0.29, 0.717) is 46.1 Å². The van der Waals surface area contributed by atoms with Crippen LogP contribution in [0.4, 0.5) is 4.39 Å². The van der Waals surface area contributed by atoms with E-state index in [0.717, 1.165) is 23.1 Å². The minimum Gasteiger partial charge on any atom is -0.494 e. The van der Waals surface area contributed by atoms with Crippen LogP contribution in [0.25, 0.3) is 21.5 Å². The number of halogens is 1. The number of aliphatic hydroxyl groups is 1. The maximum absolute atomic E-state index is 13.8. The van der Waals surface area contributed by atoms with Crippen LogP contribution in [0.15, 0.2) is 66.7 Å². The Labute approximate surface area is 245 Å². The lowest BCUT2D eigenvalue weighted by molar-refractivity contribution is 0.00945. The van der Waals surface area contributed by atoms with Crippen molar-refractivity contribution in [1.29, 1.82) is 0 Å². The number of nitrogens with one attached hydrogen (secondary N) is 1. The Balaban J connectivity index is 1.29. The van der Waals surface area contributed by atoms with Gasteiger partial charge in [-0.1, -0.05) is 0 Å². The van der Waals surface area contributed by atoms with Crippen molar-refractivity contribution >= 4 is 27.5 Å². The number of carbonyl (C=O) groups excluding carboxylic acids is 1. The SMILES string of the molecule is COc1cc(C(=O)NCC(O)(c2cc3c(c(-c4ccc(F)cc4)n2)OC[C@]3(C)n2ccnc2)C2CC2)cc2scnc12. The van der Waals surface area contributed by atoms with Gasteiger partial charge < -0.3 is 24.5 Å². The fourth-order valence-electron chi connectivity index (χ4n) is 5.70. The zero-order valence-corrected chi connectivity index (χ0v) is 23.8. The molecule has 0 saturated heterocycles. The van der Waals surface area contributed by atoms with E-state index in [1.807, 2.05) is 23.8 Å². The molecule has 2 N–H and O–H groups in total. The fraction of sp³-hybridized carbons (Fsp3) is 0.290. The van der Waals surface area contributed by atoms with Gasteiger partial charge in [0.2, 0.25) is 0 Å². The Morgan fingerprint density at radius 2 is 2.10 bits per heavy atom. The number of methoxy groups -OCH3 is 1. The maximum atomic E-state index is 13.8. The third-order valence-corrected chi connectivity index (χ3v) is 9.12. The molecule has 2 aromatic carbocycles. The lowest BCUT2D eigenvalue weighted by Gasteiger charge is -2.31. The molecule has 5 aromatic rings. The summed E-state index contributed by atoms with van der Waals surface area (Å²) in [6.45, 7) is 2.33. The maximum Gasteiger partial charge on any atom is 0.251 e. The predicted molar refractivity (Wildman–Crippen MR) is 155 cm³/mol. The quantitative estimate of drug-likeness (QED) is 0.267. The number of pyridine rings is 1. The number of ether oxygens (including phenoxy) is 2. The second-order valence-electron chi connectivity index (χ2n) is 11.0. The Hall–Kier alpha value is -4.35. The Morgan fingerprint density at radius 1 is 1.29 bits per heavy atom. The predicted octanol–water partition coefficient (Wildman–Crippen LogP) is 4.89. The Kier molecular flexibility index (Phi) is 6.25. The van der Waals surface area contributed by atoms with Crippen LogP contribution < -0.4 is 14.8 Å². The molecule has 11 heteroatoms. The molecule has 0 spiro atoms. The van der Waals surface area contributed by atoms with E-state index in [1.165, 1.54) is 23.5 Å². The zero-order valence-electron chi connectivity index (χ0n) is 23.0. The highest BCUT2D eigenvalue weighted by atomic mass is 32.1. The van der Waals surface area contributed by atoms with Crippen molar-refractivity contribution < 1.29 is 23.8 Å². The summed E-state index contributed by atoms with van der Waals surface area (Å²) in [6.07, 6.45) is 6.91. The molecule has 4 heterocycles. The second-order valence-corrected chi connectivity index (χ2v) is 11.9. The lowest BCUT2D eigenvalue weighted by Crippen LogP contribution is -2.43. The first-order valence-corrected chi connectivity index (χ1v) is 14.5. The number of hydrogen-bond acceptors (Lipinski definition) is 8. The molecule has 1 amide bonds. The highest BCUT2D eigenvalue weighted by Crippen LogP contribution is 2.50. The van der Waals surface area contributed by atoms with E-state index in [2.05, 4.69) is 15.3 Å². The first-order valence-electron chi connectivity index (χ1n) is 13.6. The molecule has 1 aliphatic heterocycles. The minimum absolute atomic E-state index is 0.0448. The van der Waals surface area contributed by atoms with E-state index in [1.54, 1.807) is 49.4 Å². The van der Waals surface area contributed by atoms with Gasteiger partial charge in [0, 0.05) is 29.1 Å². The first-order chi connectivity index (χ1) is 20.3. The van der Waals surface area contributed by atoms with Gasteiger partial charge in [0.25, 0.3) is 5.91 Å². The number of fused-ring (bicyclic) bond motifs is 2. The number of aromatic nitrogens is 4. The van der Waals surface area contributed by atoms with Crippen LogP contribution in [0.2, 0.25) is 0 Å². The van der Waals surface area contributed by atoms with Gasteiger partial charge >= 0.3 is 0 Å². The van der Waals surface area contributed by atoms with Gasteiger partial charge in [0.05, 0.1) is 35.9 Å². The molecule has 1 fully saturated rings. The molecular weight excluding hydrogens is 557 g/mol. The fourth-order valence-corrected chi connectivity index (χ4v) is 6.44. The smallest absolute Gasteiger partial charge is 0.251 e. The summed E-state index contributed by atoms with van der Waals surface area (Å²) in [5.41, 5.74) is 3.19. The van der Waals surface area contributed by atoms with E-state index in [9.17, 15) is 14.3 Å². The average Bonchev–Trinajstić information content (AvgIpc) is 3.37. The number of imidazole rings is 1. The van der Waals surface area contributed by atoms with Gasteiger partial charge in [0.15, 0.2) is 5.75 Å². The summed E-state index contributed by atoms with van der Waals surface area (Å²) in [7, 11) is 1.54. The Morgan fingerprint density at radius 3 is 2.81 bits per heavy atom. The molecule has 42 heavy (non-hydrogen) atoms. The van der Waals surface area contributed by atoms with Gasteiger partial charge in [-0.2, -0.15) is 0 Å². The van der Waals surface area contributed by atoms with Gasteiger partial charge in [-0.25, -0.2) is 19.3 Å². The van der Waals surface area contributed by atoms with Crippen LogP contribution in [0.3, 0.4) is 0 Å². The number of amides is 1. The van der Waals surface area contributed by atoms with E-state index in [4.69, 9.17) is 14.5 Å². The van der Waals surface area contributed by atoms with Crippen molar-refractivity contribution in [2.24, 2.45) is 5.92 Å². The monoisotopic (exact) mass is 585 g/mol. The number of nitrogens with zero attached hydrogens (tertiary/aromatic N) is 4. The zero-order chi connectivity index (χ0) is 29.1. The molecule has 214 valence electrons. The summed E-state index contributed by atoms with van der Waals surface area (Å²) in [6, 6.07) is 11.4. The summed E-state index contributed by atoms with van der Waals surface area (Å²) >= 11 is 1.42. The van der Waals surface area contributed by atoms with Crippen LogP contribution >= 0.6 is 11.3 Å². The molecule has 2 aliphatic rings. The van der Waals surface area contributed by atoms with Gasteiger partial charge in [0.1, 0.15) is 40.5 Å². The molecule has 0 radical (unpaired) electrons. The van der Waals surface area contributed by atoms with Gasteiger partial charge in [-0.3, -0.25) is 4.79 Å². The van der Waals surface area contributed by atoms with Crippen molar-refractivity contribution in [3.63, 3.8) is 0 Å². The van der Waals surface area contributed by atoms with E-state index in [-0.39, 0.29) is 24.2 Å². The number of thiazole rings is 1. The van der Waals surface area contributed by atoms with Crippen molar-refractivity contribution in [3.8, 4) is 22.8 Å².